The van der Waals surface area contributed by atoms with Crippen molar-refractivity contribution >= 4 is 5.69 Å². The fourth-order valence-corrected chi connectivity index (χ4v) is 2.08. The van der Waals surface area contributed by atoms with Crippen LogP contribution in [0.3, 0.4) is 0 Å². The average molecular weight is 247 g/mol. The Morgan fingerprint density at radius 2 is 2.28 bits per heavy atom. The summed E-state index contributed by atoms with van der Waals surface area (Å²) in [5.41, 5.74) is 2.48. The van der Waals surface area contributed by atoms with Crippen LogP contribution in [-0.4, -0.2) is 26.4 Å². The summed E-state index contributed by atoms with van der Waals surface area (Å²) in [5, 5.41) is 3.48. The second-order valence-corrected chi connectivity index (χ2v) is 4.49. The van der Waals surface area contributed by atoms with Crippen LogP contribution in [-0.2, 0) is 15.9 Å². The summed E-state index contributed by atoms with van der Waals surface area (Å²) in [4.78, 5) is 0. The minimum atomic E-state index is 0.283. The van der Waals surface area contributed by atoms with Gasteiger partial charge in [-0.25, -0.2) is 0 Å². The summed E-state index contributed by atoms with van der Waals surface area (Å²) >= 11 is 0. The van der Waals surface area contributed by atoms with Gasteiger partial charge in [-0.1, -0.05) is 18.2 Å². The van der Waals surface area contributed by atoms with E-state index in [1.165, 1.54) is 11.3 Å². The molecule has 3 heteroatoms. The third-order valence-electron chi connectivity index (χ3n) is 3.14. The van der Waals surface area contributed by atoms with Crippen LogP contribution in [0.2, 0.25) is 0 Å². The number of allylic oxidation sites excluding steroid dienone is 1. The van der Waals surface area contributed by atoms with Gasteiger partial charge in [0.15, 0.2) is 0 Å². The molecule has 1 aromatic rings. The molecule has 0 saturated heterocycles. The van der Waals surface area contributed by atoms with E-state index >= 15 is 0 Å². The quantitative estimate of drug-likeness (QED) is 0.838. The predicted octanol–water partition coefficient (Wildman–Crippen LogP) is 2.98. The first kappa shape index (κ1) is 13.0. The highest BCUT2D eigenvalue weighted by molar-refractivity contribution is 5.51. The maximum atomic E-state index is 5.55. The third-order valence-corrected chi connectivity index (χ3v) is 3.14. The highest BCUT2D eigenvalue weighted by atomic mass is 16.5. The third kappa shape index (κ3) is 3.77. The molecule has 1 aromatic carbocycles. The van der Waals surface area contributed by atoms with Crippen molar-refractivity contribution in [1.82, 2.24) is 0 Å². The van der Waals surface area contributed by atoms with Gasteiger partial charge < -0.3 is 14.8 Å². The smallest absolute Gasteiger partial charge is 0.115 e. The Bertz CT molecular complexity index is 390. The number of benzene rings is 1. The molecule has 0 bridgehead atoms. The molecular weight excluding hydrogens is 226 g/mol. The van der Waals surface area contributed by atoms with Gasteiger partial charge in [-0.05, 0) is 37.0 Å². The lowest BCUT2D eigenvalue weighted by molar-refractivity contribution is 0.135. The van der Waals surface area contributed by atoms with Crippen LogP contribution >= 0.6 is 0 Å². The first-order chi connectivity index (χ1) is 8.90. The number of hydrogen-bond acceptors (Lipinski definition) is 3. The van der Waals surface area contributed by atoms with Crippen LogP contribution in [0.25, 0.3) is 0 Å². The van der Waals surface area contributed by atoms with E-state index in [-0.39, 0.29) is 6.10 Å². The van der Waals surface area contributed by atoms with Gasteiger partial charge in [0, 0.05) is 12.8 Å². The first-order valence-corrected chi connectivity index (χ1v) is 6.51. The van der Waals surface area contributed by atoms with E-state index in [2.05, 4.69) is 35.7 Å². The number of ether oxygens (including phenoxy) is 2. The van der Waals surface area contributed by atoms with E-state index in [0.717, 1.165) is 32.4 Å². The minimum absolute atomic E-state index is 0.283. The molecule has 1 aliphatic rings. The number of methoxy groups -OCH3 is 1. The van der Waals surface area contributed by atoms with Crippen molar-refractivity contribution in [1.29, 1.82) is 0 Å². The zero-order valence-corrected chi connectivity index (χ0v) is 10.9. The van der Waals surface area contributed by atoms with Gasteiger partial charge >= 0.3 is 0 Å². The monoisotopic (exact) mass is 247 g/mol. The van der Waals surface area contributed by atoms with E-state index in [9.17, 15) is 0 Å². The molecular formula is C15H21NO2. The minimum Gasteiger partial charge on any atom is -0.497 e. The fourth-order valence-electron chi connectivity index (χ4n) is 2.08. The molecule has 1 heterocycles. The van der Waals surface area contributed by atoms with Crippen molar-refractivity contribution in [3.63, 3.8) is 0 Å². The number of hydrogen-bond donors (Lipinski definition) is 1. The second-order valence-electron chi connectivity index (χ2n) is 4.49. The van der Waals surface area contributed by atoms with E-state index in [4.69, 9.17) is 9.47 Å². The molecule has 0 aromatic heterocycles. The molecule has 98 valence electrons. The van der Waals surface area contributed by atoms with E-state index in [1.807, 2.05) is 6.26 Å². The molecule has 0 aliphatic carbocycles. The van der Waals surface area contributed by atoms with Gasteiger partial charge in [-0.3, -0.25) is 0 Å². The maximum Gasteiger partial charge on any atom is 0.115 e. The number of rotatable bonds is 6. The fraction of sp³-hybridized carbons (Fsp3) is 0.467. The summed E-state index contributed by atoms with van der Waals surface area (Å²) < 4.78 is 10.7. The molecule has 1 unspecified atom stereocenters. The average Bonchev–Trinajstić information content (AvgIpc) is 2.45. The van der Waals surface area contributed by atoms with Crippen LogP contribution in [0.1, 0.15) is 18.4 Å². The molecule has 2 rings (SSSR count). The highest BCUT2D eigenvalue weighted by Gasteiger charge is 2.11. The zero-order chi connectivity index (χ0) is 12.6. The predicted molar refractivity (Wildman–Crippen MR) is 73.8 cm³/mol. The van der Waals surface area contributed by atoms with Crippen LogP contribution in [0, 0.1) is 0 Å². The lowest BCUT2D eigenvalue weighted by atomic mass is 10.1. The van der Waals surface area contributed by atoms with E-state index in [1.54, 1.807) is 7.11 Å². The van der Waals surface area contributed by atoms with E-state index < -0.39 is 0 Å². The zero-order valence-electron chi connectivity index (χ0n) is 10.9. The molecule has 0 amide bonds. The number of nitrogens with one attached hydrogen (secondary N) is 1. The molecule has 18 heavy (non-hydrogen) atoms. The SMILES string of the molecule is COCCc1ccccc1NCC1CCC=CO1. The Balaban J connectivity index is 1.89. The normalized spacial score (nSPS) is 18.4. The molecule has 3 nitrogen and oxygen atoms in total. The van der Waals surface area contributed by atoms with Crippen LogP contribution in [0.4, 0.5) is 5.69 Å². The summed E-state index contributed by atoms with van der Waals surface area (Å²) in [6.45, 7) is 1.61. The number of anilines is 1. The molecule has 0 radical (unpaired) electrons. The van der Waals surface area contributed by atoms with Crippen molar-refractivity contribution in [2.45, 2.75) is 25.4 Å². The summed E-state index contributed by atoms with van der Waals surface area (Å²) in [6.07, 6.45) is 7.30. The van der Waals surface area contributed by atoms with Crippen molar-refractivity contribution in [2.75, 3.05) is 25.6 Å². The highest BCUT2D eigenvalue weighted by Crippen LogP contribution is 2.17. The Kier molecular flexibility index (Phi) is 5.09. The van der Waals surface area contributed by atoms with Crippen LogP contribution in [0.5, 0.6) is 0 Å². The summed E-state index contributed by atoms with van der Waals surface area (Å²) in [7, 11) is 1.73. The maximum absolute atomic E-state index is 5.55. The Morgan fingerprint density at radius 1 is 1.39 bits per heavy atom. The second kappa shape index (κ2) is 7.07. The summed E-state index contributed by atoms with van der Waals surface area (Å²) in [6, 6.07) is 8.38. The van der Waals surface area contributed by atoms with Crippen molar-refractivity contribution in [3.8, 4) is 0 Å². The Morgan fingerprint density at radius 3 is 3.06 bits per heavy atom. The van der Waals surface area contributed by atoms with Crippen molar-refractivity contribution < 1.29 is 9.47 Å². The van der Waals surface area contributed by atoms with Gasteiger partial charge in [0.2, 0.25) is 0 Å². The summed E-state index contributed by atoms with van der Waals surface area (Å²) in [5.74, 6) is 0. The van der Waals surface area contributed by atoms with Gasteiger partial charge in [0.25, 0.3) is 0 Å². The molecule has 1 aliphatic heterocycles. The van der Waals surface area contributed by atoms with Gasteiger partial charge in [-0.2, -0.15) is 0 Å². The topological polar surface area (TPSA) is 30.5 Å². The van der Waals surface area contributed by atoms with Crippen LogP contribution < -0.4 is 5.32 Å². The molecule has 1 atom stereocenters. The van der Waals surface area contributed by atoms with Gasteiger partial charge in [0.1, 0.15) is 6.10 Å². The standard InChI is InChI=1S/C15H21NO2/c1-17-11-9-13-6-2-3-8-15(13)16-12-14-7-4-5-10-18-14/h2-3,5-6,8,10,14,16H,4,7,9,11-12H2,1H3. The largest absolute Gasteiger partial charge is 0.497 e. The molecule has 0 spiro atoms. The molecule has 1 N–H and O–H groups in total. The van der Waals surface area contributed by atoms with Crippen LogP contribution in [0.15, 0.2) is 36.6 Å². The Hall–Kier alpha value is -1.48. The van der Waals surface area contributed by atoms with Crippen molar-refractivity contribution in [2.24, 2.45) is 0 Å². The van der Waals surface area contributed by atoms with E-state index in [0.29, 0.717) is 0 Å². The van der Waals surface area contributed by atoms with Gasteiger partial charge in [0.05, 0.1) is 19.4 Å². The lowest BCUT2D eigenvalue weighted by Gasteiger charge is -2.21. The number of para-hydroxylation sites is 1. The molecule has 0 fully saturated rings. The van der Waals surface area contributed by atoms with Crippen molar-refractivity contribution in [3.05, 3.63) is 42.2 Å². The Labute approximate surface area is 109 Å². The van der Waals surface area contributed by atoms with Gasteiger partial charge in [-0.15, -0.1) is 0 Å². The first-order valence-electron chi connectivity index (χ1n) is 6.51. The molecule has 0 saturated carbocycles. The lowest BCUT2D eigenvalue weighted by Crippen LogP contribution is -2.23.